The number of esters is 3. The second kappa shape index (κ2) is 55.2. The van der Waals surface area contributed by atoms with Crippen LogP contribution in [0.25, 0.3) is 0 Å². The van der Waals surface area contributed by atoms with Gasteiger partial charge in [0.15, 0.2) is 6.10 Å². The number of unbranched alkanes of at least 4 members (excludes halogenated alkanes) is 39. The number of ether oxygens (including phenoxy) is 3. The highest BCUT2D eigenvalue weighted by atomic mass is 16.6. The molecule has 0 aliphatic heterocycles. The summed E-state index contributed by atoms with van der Waals surface area (Å²) in [6, 6.07) is 0. The second-order valence-electron chi connectivity index (χ2n) is 23.2. The van der Waals surface area contributed by atoms with Crippen LogP contribution in [0.15, 0.2) is 0 Å². The first-order valence-electron chi connectivity index (χ1n) is 31.6. The Balaban J connectivity index is 4.26. The third-order valence-electron chi connectivity index (χ3n) is 15.0. The minimum Gasteiger partial charge on any atom is -0.462 e. The quantitative estimate of drug-likeness (QED) is 0.0343. The summed E-state index contributed by atoms with van der Waals surface area (Å²) in [6.07, 6.45) is 59.5. The summed E-state index contributed by atoms with van der Waals surface area (Å²) in [7, 11) is 0. The molecule has 0 amide bonds. The van der Waals surface area contributed by atoms with Crippen molar-refractivity contribution in [3.8, 4) is 0 Å². The van der Waals surface area contributed by atoms with E-state index >= 15 is 0 Å². The Morgan fingerprint density at radius 1 is 0.286 bits per heavy atom. The summed E-state index contributed by atoms with van der Waals surface area (Å²) in [5, 5.41) is 0. The molecule has 0 bridgehead atoms. The molecule has 70 heavy (non-hydrogen) atoms. The summed E-state index contributed by atoms with van der Waals surface area (Å²) in [6.45, 7) is 13.8. The monoisotopic (exact) mass is 989 g/mol. The molecule has 0 N–H and O–H groups in total. The van der Waals surface area contributed by atoms with Crippen LogP contribution in [0, 0.1) is 17.8 Å². The van der Waals surface area contributed by atoms with Gasteiger partial charge in [-0.05, 0) is 37.0 Å². The van der Waals surface area contributed by atoms with E-state index in [4.69, 9.17) is 14.2 Å². The molecule has 0 aliphatic carbocycles. The lowest BCUT2D eigenvalue weighted by atomic mass is 9.99. The SMILES string of the molecule is CCC(C)CCCCCCCCCCCCC(=O)O[C@@H](COC(=O)CCCCCCCCCCCCCCCCCCCCC(C)C)COC(=O)CCCCCCCCCCCCCCCCC(C)C. The van der Waals surface area contributed by atoms with Crippen molar-refractivity contribution in [3.63, 3.8) is 0 Å². The van der Waals surface area contributed by atoms with Crippen molar-refractivity contribution in [3.05, 3.63) is 0 Å². The largest absolute Gasteiger partial charge is 0.462 e. The van der Waals surface area contributed by atoms with Crippen LogP contribution in [-0.4, -0.2) is 37.2 Å². The van der Waals surface area contributed by atoms with Gasteiger partial charge in [-0.25, -0.2) is 0 Å². The molecule has 0 saturated carbocycles. The van der Waals surface area contributed by atoms with Gasteiger partial charge < -0.3 is 14.2 Å². The Kier molecular flexibility index (Phi) is 53.9. The Labute approximate surface area is 438 Å². The lowest BCUT2D eigenvalue weighted by Gasteiger charge is -2.18. The maximum absolute atomic E-state index is 12.9. The summed E-state index contributed by atoms with van der Waals surface area (Å²) >= 11 is 0. The van der Waals surface area contributed by atoms with Crippen molar-refractivity contribution in [2.75, 3.05) is 13.2 Å². The molecule has 1 unspecified atom stereocenters. The molecule has 6 nitrogen and oxygen atoms in total. The average molecular weight is 990 g/mol. The fourth-order valence-electron chi connectivity index (χ4n) is 9.85. The minimum atomic E-state index is -0.764. The molecule has 0 saturated heterocycles. The van der Waals surface area contributed by atoms with Gasteiger partial charge in [-0.1, -0.05) is 318 Å². The van der Waals surface area contributed by atoms with Crippen molar-refractivity contribution in [2.45, 2.75) is 362 Å². The molecule has 2 atom stereocenters. The van der Waals surface area contributed by atoms with Crippen LogP contribution in [0.5, 0.6) is 0 Å². The fraction of sp³-hybridized carbons (Fsp3) is 0.953. The smallest absolute Gasteiger partial charge is 0.306 e. The summed E-state index contributed by atoms with van der Waals surface area (Å²) in [5.41, 5.74) is 0. The summed E-state index contributed by atoms with van der Waals surface area (Å²) < 4.78 is 16.9. The molecule has 0 aliphatic rings. The van der Waals surface area contributed by atoms with Crippen LogP contribution < -0.4 is 0 Å². The van der Waals surface area contributed by atoms with E-state index in [1.165, 1.54) is 238 Å². The fourth-order valence-corrected chi connectivity index (χ4v) is 9.85. The van der Waals surface area contributed by atoms with E-state index in [0.29, 0.717) is 19.3 Å². The molecule has 0 aromatic heterocycles. The highest BCUT2D eigenvalue weighted by Crippen LogP contribution is 2.19. The van der Waals surface area contributed by atoms with Crippen LogP contribution in [0.1, 0.15) is 356 Å². The maximum Gasteiger partial charge on any atom is 0.306 e. The molecule has 0 aromatic carbocycles. The number of hydrogen-bond donors (Lipinski definition) is 0. The van der Waals surface area contributed by atoms with Crippen molar-refractivity contribution in [2.24, 2.45) is 17.8 Å². The zero-order valence-electron chi connectivity index (χ0n) is 48.3. The predicted octanol–water partition coefficient (Wildman–Crippen LogP) is 21.1. The molecule has 0 aromatic rings. The normalized spacial score (nSPS) is 12.5. The van der Waals surface area contributed by atoms with Gasteiger partial charge in [0.1, 0.15) is 13.2 Å². The van der Waals surface area contributed by atoms with Crippen LogP contribution in [0.2, 0.25) is 0 Å². The molecule has 0 fully saturated rings. The third kappa shape index (κ3) is 55.7. The van der Waals surface area contributed by atoms with Gasteiger partial charge in [0, 0.05) is 19.3 Å². The van der Waals surface area contributed by atoms with Crippen molar-refractivity contribution in [1.29, 1.82) is 0 Å². The Morgan fingerprint density at radius 2 is 0.500 bits per heavy atom. The van der Waals surface area contributed by atoms with Gasteiger partial charge in [-0.3, -0.25) is 14.4 Å². The van der Waals surface area contributed by atoms with Crippen LogP contribution in [-0.2, 0) is 28.6 Å². The molecule has 0 radical (unpaired) electrons. The first-order chi connectivity index (χ1) is 34.1. The Bertz CT molecular complexity index is 1090. The van der Waals surface area contributed by atoms with E-state index in [2.05, 4.69) is 41.5 Å². The van der Waals surface area contributed by atoms with Gasteiger partial charge in [-0.2, -0.15) is 0 Å². The number of rotatable bonds is 57. The van der Waals surface area contributed by atoms with Gasteiger partial charge in [0.05, 0.1) is 0 Å². The van der Waals surface area contributed by atoms with Gasteiger partial charge >= 0.3 is 17.9 Å². The average Bonchev–Trinajstić information content (AvgIpc) is 3.33. The number of hydrogen-bond acceptors (Lipinski definition) is 6. The number of carbonyl (C=O) groups excluding carboxylic acids is 3. The van der Waals surface area contributed by atoms with E-state index in [-0.39, 0.29) is 31.1 Å². The molecule has 0 rings (SSSR count). The van der Waals surface area contributed by atoms with Crippen molar-refractivity contribution >= 4 is 17.9 Å². The van der Waals surface area contributed by atoms with Crippen molar-refractivity contribution < 1.29 is 28.6 Å². The standard InChI is InChI=1S/C64H124O6/c1-7-60(6)52-46-40-34-28-24-25-31-37-43-49-55-64(67)70-61(57-69-63(66)54-48-42-36-30-23-19-15-14-17-21-27-33-39-45-51-59(4)5)56-68-62(65)53-47-41-35-29-22-18-13-11-9-8-10-12-16-20-26-32-38-44-50-58(2)3/h58-61H,7-57H2,1-6H3/t60?,61-/m0/s1. The third-order valence-corrected chi connectivity index (χ3v) is 15.0. The minimum absolute atomic E-state index is 0.0629. The number of carbonyl (C=O) groups is 3. The lowest BCUT2D eigenvalue weighted by Crippen LogP contribution is -2.30. The van der Waals surface area contributed by atoms with Crippen LogP contribution >= 0.6 is 0 Å². The first-order valence-corrected chi connectivity index (χ1v) is 31.6. The molecule has 416 valence electrons. The van der Waals surface area contributed by atoms with Crippen LogP contribution in [0.3, 0.4) is 0 Å². The first kappa shape index (κ1) is 68.4. The maximum atomic E-state index is 12.9. The van der Waals surface area contributed by atoms with Gasteiger partial charge in [-0.15, -0.1) is 0 Å². The molecule has 0 spiro atoms. The zero-order valence-corrected chi connectivity index (χ0v) is 48.3. The van der Waals surface area contributed by atoms with Gasteiger partial charge in [0.2, 0.25) is 0 Å². The van der Waals surface area contributed by atoms with E-state index in [9.17, 15) is 14.4 Å². The highest BCUT2D eigenvalue weighted by molar-refractivity contribution is 5.71. The van der Waals surface area contributed by atoms with E-state index in [1.807, 2.05) is 0 Å². The molecule has 6 heteroatoms. The predicted molar refractivity (Wildman–Crippen MR) is 303 cm³/mol. The van der Waals surface area contributed by atoms with Gasteiger partial charge in [0.25, 0.3) is 0 Å². The highest BCUT2D eigenvalue weighted by Gasteiger charge is 2.19. The van der Waals surface area contributed by atoms with Crippen molar-refractivity contribution in [1.82, 2.24) is 0 Å². The Morgan fingerprint density at radius 3 is 0.743 bits per heavy atom. The lowest BCUT2D eigenvalue weighted by molar-refractivity contribution is -0.167. The topological polar surface area (TPSA) is 78.9 Å². The van der Waals surface area contributed by atoms with E-state index < -0.39 is 6.10 Å². The second-order valence-corrected chi connectivity index (χ2v) is 23.2. The summed E-state index contributed by atoms with van der Waals surface area (Å²) in [4.78, 5) is 38.3. The Hall–Kier alpha value is -1.59. The molecule has 0 heterocycles. The van der Waals surface area contributed by atoms with E-state index in [1.54, 1.807) is 0 Å². The van der Waals surface area contributed by atoms with Crippen LogP contribution in [0.4, 0.5) is 0 Å². The molecular formula is C64H124O6. The summed E-state index contributed by atoms with van der Waals surface area (Å²) in [5.74, 6) is 1.73. The molecular weight excluding hydrogens is 865 g/mol. The van der Waals surface area contributed by atoms with E-state index in [0.717, 1.165) is 75.5 Å². The zero-order chi connectivity index (χ0) is 51.2.